The third-order valence-corrected chi connectivity index (χ3v) is 3.18. The topological polar surface area (TPSA) is 76.6 Å². The molecule has 1 N–H and O–H groups in total. The minimum atomic E-state index is -0.0660. The summed E-state index contributed by atoms with van der Waals surface area (Å²) in [5.74, 6) is 0.423. The summed E-state index contributed by atoms with van der Waals surface area (Å²) in [7, 11) is 1.67. The minimum Gasteiger partial charge on any atom is -0.385 e. The number of nitrogens with one attached hydrogen (secondary N) is 1. The highest BCUT2D eigenvalue weighted by molar-refractivity contribution is 5.92. The average Bonchev–Trinajstić information content (AvgIpc) is 2.51. The van der Waals surface area contributed by atoms with Gasteiger partial charge >= 0.3 is 0 Å². The second kappa shape index (κ2) is 7.90. The fourth-order valence-electron chi connectivity index (χ4n) is 2.10. The van der Waals surface area contributed by atoms with Crippen LogP contribution in [0.3, 0.4) is 0 Å². The molecule has 0 aromatic carbocycles. The van der Waals surface area contributed by atoms with E-state index in [2.05, 4.69) is 15.3 Å². The molecule has 0 unspecified atom stereocenters. The van der Waals surface area contributed by atoms with E-state index < -0.39 is 0 Å². The quantitative estimate of drug-likeness (QED) is 0.779. The maximum atomic E-state index is 12.4. The van der Waals surface area contributed by atoms with Crippen molar-refractivity contribution in [3.05, 3.63) is 17.5 Å². The summed E-state index contributed by atoms with van der Waals surface area (Å²) in [5.41, 5.74) is 1.20. The van der Waals surface area contributed by atoms with Crippen molar-refractivity contribution in [1.82, 2.24) is 14.9 Å². The van der Waals surface area contributed by atoms with Crippen molar-refractivity contribution in [3.63, 3.8) is 0 Å². The van der Waals surface area contributed by atoms with Crippen LogP contribution in [-0.4, -0.2) is 67.3 Å². The zero-order valence-corrected chi connectivity index (χ0v) is 12.6. The van der Waals surface area contributed by atoms with Crippen LogP contribution in [0.1, 0.15) is 22.6 Å². The van der Waals surface area contributed by atoms with Crippen molar-refractivity contribution in [3.8, 4) is 0 Å². The Kier molecular flexibility index (Phi) is 5.89. The summed E-state index contributed by atoms with van der Waals surface area (Å²) in [6.07, 6.45) is 0.862. The Bertz CT molecular complexity index is 475. The first kappa shape index (κ1) is 15.7. The number of aryl methyl sites for hydroxylation is 1. The van der Waals surface area contributed by atoms with E-state index in [-0.39, 0.29) is 5.91 Å². The van der Waals surface area contributed by atoms with Crippen LogP contribution >= 0.6 is 0 Å². The van der Waals surface area contributed by atoms with Crippen molar-refractivity contribution in [2.75, 3.05) is 51.9 Å². The molecule has 1 fully saturated rings. The van der Waals surface area contributed by atoms with Crippen LogP contribution in [0.15, 0.2) is 6.07 Å². The Labute approximate surface area is 124 Å². The summed E-state index contributed by atoms with van der Waals surface area (Å²) in [6.45, 7) is 5.63. The zero-order chi connectivity index (χ0) is 15.1. The lowest BCUT2D eigenvalue weighted by molar-refractivity contribution is 0.0299. The van der Waals surface area contributed by atoms with E-state index >= 15 is 0 Å². The third-order valence-electron chi connectivity index (χ3n) is 3.18. The Morgan fingerprint density at radius 1 is 1.43 bits per heavy atom. The van der Waals surface area contributed by atoms with E-state index in [9.17, 15) is 4.79 Å². The summed E-state index contributed by atoms with van der Waals surface area (Å²) < 4.78 is 10.2. The van der Waals surface area contributed by atoms with Gasteiger partial charge in [-0.1, -0.05) is 0 Å². The fourth-order valence-corrected chi connectivity index (χ4v) is 2.10. The van der Waals surface area contributed by atoms with Crippen LogP contribution in [0.4, 0.5) is 5.95 Å². The number of carbonyl (C=O) groups excluding carboxylic acids is 1. The molecular formula is C14H22N4O3. The van der Waals surface area contributed by atoms with Gasteiger partial charge in [-0.3, -0.25) is 4.79 Å². The Morgan fingerprint density at radius 2 is 2.19 bits per heavy atom. The standard InChI is InChI=1S/C14H22N4O3/c1-11-10-12(13(19)18-5-8-21-9-6-18)17-14(16-11)15-4-3-7-20-2/h10H,3-9H2,1-2H3,(H,15,16,17). The highest BCUT2D eigenvalue weighted by Crippen LogP contribution is 2.09. The van der Waals surface area contributed by atoms with Crippen LogP contribution < -0.4 is 5.32 Å². The lowest BCUT2D eigenvalue weighted by atomic mass is 10.3. The molecule has 2 rings (SSSR count). The van der Waals surface area contributed by atoms with Gasteiger partial charge < -0.3 is 19.7 Å². The first-order valence-corrected chi connectivity index (χ1v) is 7.16. The van der Waals surface area contributed by atoms with Gasteiger partial charge in [0.15, 0.2) is 0 Å². The molecule has 116 valence electrons. The molecular weight excluding hydrogens is 272 g/mol. The molecule has 1 aromatic heterocycles. The van der Waals surface area contributed by atoms with Gasteiger partial charge in [0, 0.05) is 39.0 Å². The van der Waals surface area contributed by atoms with E-state index in [1.54, 1.807) is 18.1 Å². The van der Waals surface area contributed by atoms with Gasteiger partial charge in [-0.15, -0.1) is 0 Å². The Balaban J connectivity index is 2.01. The van der Waals surface area contributed by atoms with Crippen LogP contribution in [0.25, 0.3) is 0 Å². The minimum absolute atomic E-state index is 0.0660. The number of carbonyl (C=O) groups is 1. The number of anilines is 1. The van der Waals surface area contributed by atoms with Gasteiger partial charge in [-0.25, -0.2) is 9.97 Å². The van der Waals surface area contributed by atoms with Gasteiger partial charge in [0.05, 0.1) is 13.2 Å². The summed E-state index contributed by atoms with van der Waals surface area (Å²) in [5, 5.41) is 3.12. The largest absolute Gasteiger partial charge is 0.385 e. The molecule has 1 saturated heterocycles. The molecule has 1 aliphatic rings. The van der Waals surface area contributed by atoms with E-state index in [4.69, 9.17) is 9.47 Å². The number of hydrogen-bond acceptors (Lipinski definition) is 6. The maximum Gasteiger partial charge on any atom is 0.272 e. The number of rotatable bonds is 6. The molecule has 0 bridgehead atoms. The van der Waals surface area contributed by atoms with Crippen molar-refractivity contribution in [2.24, 2.45) is 0 Å². The number of hydrogen-bond donors (Lipinski definition) is 1. The molecule has 1 aromatic rings. The first-order chi connectivity index (χ1) is 10.2. The van der Waals surface area contributed by atoms with Crippen LogP contribution in [-0.2, 0) is 9.47 Å². The molecule has 21 heavy (non-hydrogen) atoms. The van der Waals surface area contributed by atoms with Gasteiger partial charge in [0.25, 0.3) is 5.91 Å². The van der Waals surface area contributed by atoms with Gasteiger partial charge in [0.1, 0.15) is 5.69 Å². The van der Waals surface area contributed by atoms with Gasteiger partial charge in [-0.2, -0.15) is 0 Å². The summed E-state index contributed by atoms with van der Waals surface area (Å²) in [6, 6.07) is 1.72. The average molecular weight is 294 g/mol. The number of ether oxygens (including phenoxy) is 2. The van der Waals surface area contributed by atoms with Crippen molar-refractivity contribution < 1.29 is 14.3 Å². The molecule has 0 spiro atoms. The number of aromatic nitrogens is 2. The SMILES string of the molecule is COCCCNc1nc(C)cc(C(=O)N2CCOCC2)n1. The molecule has 0 radical (unpaired) electrons. The summed E-state index contributed by atoms with van der Waals surface area (Å²) >= 11 is 0. The Morgan fingerprint density at radius 3 is 2.90 bits per heavy atom. The molecule has 7 heteroatoms. The monoisotopic (exact) mass is 294 g/mol. The summed E-state index contributed by atoms with van der Waals surface area (Å²) in [4.78, 5) is 22.8. The highest BCUT2D eigenvalue weighted by Gasteiger charge is 2.20. The number of methoxy groups -OCH3 is 1. The number of amides is 1. The predicted molar refractivity (Wildman–Crippen MR) is 78.5 cm³/mol. The van der Waals surface area contributed by atoms with Crippen LogP contribution in [0, 0.1) is 6.92 Å². The third kappa shape index (κ3) is 4.64. The fraction of sp³-hybridized carbons (Fsp3) is 0.643. The molecule has 0 saturated carbocycles. The van der Waals surface area contributed by atoms with Crippen molar-refractivity contribution in [1.29, 1.82) is 0 Å². The maximum absolute atomic E-state index is 12.4. The van der Waals surface area contributed by atoms with Crippen molar-refractivity contribution >= 4 is 11.9 Å². The normalized spacial score (nSPS) is 15.0. The Hall–Kier alpha value is -1.73. The van der Waals surface area contributed by atoms with Gasteiger partial charge in [0.2, 0.25) is 5.95 Å². The molecule has 1 amide bonds. The van der Waals surface area contributed by atoms with E-state index in [1.165, 1.54) is 0 Å². The highest BCUT2D eigenvalue weighted by atomic mass is 16.5. The van der Waals surface area contributed by atoms with Crippen LogP contribution in [0.2, 0.25) is 0 Å². The lowest BCUT2D eigenvalue weighted by Crippen LogP contribution is -2.41. The molecule has 0 atom stereocenters. The lowest BCUT2D eigenvalue weighted by Gasteiger charge is -2.26. The molecule has 7 nitrogen and oxygen atoms in total. The van der Waals surface area contributed by atoms with Crippen LogP contribution in [0.5, 0.6) is 0 Å². The molecule has 0 aliphatic carbocycles. The smallest absolute Gasteiger partial charge is 0.272 e. The zero-order valence-electron chi connectivity index (χ0n) is 12.6. The second-order valence-corrected chi connectivity index (χ2v) is 4.90. The van der Waals surface area contributed by atoms with Gasteiger partial charge in [-0.05, 0) is 19.4 Å². The van der Waals surface area contributed by atoms with E-state index in [1.807, 2.05) is 6.92 Å². The first-order valence-electron chi connectivity index (χ1n) is 7.16. The van der Waals surface area contributed by atoms with E-state index in [0.717, 1.165) is 12.1 Å². The number of morpholine rings is 1. The predicted octanol–water partition coefficient (Wildman–Crippen LogP) is 0.706. The van der Waals surface area contributed by atoms with E-state index in [0.29, 0.717) is 51.1 Å². The molecule has 2 heterocycles. The number of nitrogens with zero attached hydrogens (tertiary/aromatic N) is 3. The molecule has 1 aliphatic heterocycles. The van der Waals surface area contributed by atoms with Crippen molar-refractivity contribution in [2.45, 2.75) is 13.3 Å². The second-order valence-electron chi connectivity index (χ2n) is 4.90.